The zero-order chi connectivity index (χ0) is 14.0. The van der Waals surface area contributed by atoms with E-state index in [-0.39, 0.29) is 18.9 Å². The molecule has 19 heavy (non-hydrogen) atoms. The highest BCUT2D eigenvalue weighted by Crippen LogP contribution is 2.23. The Hall–Kier alpha value is -1.60. The van der Waals surface area contributed by atoms with Gasteiger partial charge in [-0.05, 0) is 6.07 Å². The number of hydrogen-bond acceptors (Lipinski definition) is 4. The summed E-state index contributed by atoms with van der Waals surface area (Å²) >= 11 is 0. The minimum Gasteiger partial charge on any atom is -0.496 e. The third kappa shape index (κ3) is 3.05. The van der Waals surface area contributed by atoms with Gasteiger partial charge in [-0.1, -0.05) is 18.2 Å². The number of rotatable bonds is 4. The average molecular weight is 284 g/mol. The van der Waals surface area contributed by atoms with Crippen molar-refractivity contribution in [2.45, 2.75) is 18.2 Å². The van der Waals surface area contributed by atoms with E-state index >= 15 is 0 Å². The number of para-hydroxylation sites is 1. The number of nitrogens with two attached hydrogens (primary N) is 1. The van der Waals surface area contributed by atoms with E-state index in [4.69, 9.17) is 9.88 Å². The van der Waals surface area contributed by atoms with Gasteiger partial charge in [-0.15, -0.1) is 0 Å². The molecule has 1 aromatic rings. The van der Waals surface area contributed by atoms with Crippen molar-refractivity contribution in [2.24, 2.45) is 5.14 Å². The second-order valence-electron chi connectivity index (χ2n) is 4.50. The second-order valence-corrected chi connectivity index (χ2v) is 6.35. The summed E-state index contributed by atoms with van der Waals surface area (Å²) in [4.78, 5) is 13.3. The number of benzene rings is 1. The quantitative estimate of drug-likeness (QED) is 0.848. The van der Waals surface area contributed by atoms with Crippen LogP contribution in [0.3, 0.4) is 0 Å². The van der Waals surface area contributed by atoms with Crippen molar-refractivity contribution in [1.29, 1.82) is 0 Å². The predicted octanol–water partition coefficient (Wildman–Crippen LogP) is 0.0846. The van der Waals surface area contributed by atoms with Gasteiger partial charge in [0.2, 0.25) is 15.9 Å². The first kappa shape index (κ1) is 13.8. The van der Waals surface area contributed by atoms with E-state index in [9.17, 15) is 13.2 Å². The Labute approximate surface area is 112 Å². The van der Waals surface area contributed by atoms with Crippen LogP contribution < -0.4 is 9.88 Å². The Balaban J connectivity index is 2.14. The third-order valence-electron chi connectivity index (χ3n) is 3.20. The number of ether oxygens (including phenoxy) is 1. The number of primary sulfonamides is 1. The molecule has 1 aromatic carbocycles. The Bertz CT molecular complexity index is 585. The molecule has 1 fully saturated rings. The number of carbonyl (C=O) groups excluding carboxylic acids is 1. The first-order valence-electron chi connectivity index (χ1n) is 5.83. The topological polar surface area (TPSA) is 89.7 Å². The summed E-state index contributed by atoms with van der Waals surface area (Å²) in [5.41, 5.74) is 0.841. The summed E-state index contributed by atoms with van der Waals surface area (Å²) in [7, 11) is -2.12. The van der Waals surface area contributed by atoms with Crippen molar-refractivity contribution in [1.82, 2.24) is 4.90 Å². The van der Waals surface area contributed by atoms with E-state index in [0.717, 1.165) is 5.56 Å². The number of hydrogen-bond donors (Lipinski definition) is 1. The van der Waals surface area contributed by atoms with E-state index in [2.05, 4.69) is 0 Å². The smallest absolute Gasteiger partial charge is 0.224 e. The molecule has 1 saturated heterocycles. The summed E-state index contributed by atoms with van der Waals surface area (Å²) in [6.07, 6.45) is -0.0476. The van der Waals surface area contributed by atoms with Crippen LogP contribution in [0.25, 0.3) is 0 Å². The third-order valence-corrected chi connectivity index (χ3v) is 4.44. The van der Waals surface area contributed by atoms with Gasteiger partial charge < -0.3 is 9.64 Å². The number of amides is 1. The van der Waals surface area contributed by atoms with E-state index in [1.165, 1.54) is 4.90 Å². The van der Waals surface area contributed by atoms with Gasteiger partial charge in [-0.3, -0.25) is 4.79 Å². The molecule has 1 atom stereocenters. The van der Waals surface area contributed by atoms with Crippen LogP contribution in [0.5, 0.6) is 5.75 Å². The fourth-order valence-corrected chi connectivity index (χ4v) is 2.91. The lowest BCUT2D eigenvalue weighted by molar-refractivity contribution is -0.128. The van der Waals surface area contributed by atoms with Crippen LogP contribution in [0, 0.1) is 0 Å². The molecular formula is C12H16N2O4S. The van der Waals surface area contributed by atoms with Gasteiger partial charge in [0.25, 0.3) is 0 Å². The van der Waals surface area contributed by atoms with Gasteiger partial charge in [-0.25, -0.2) is 13.6 Å². The van der Waals surface area contributed by atoms with Crippen molar-refractivity contribution >= 4 is 15.9 Å². The van der Waals surface area contributed by atoms with Gasteiger partial charge in [0.1, 0.15) is 11.0 Å². The molecule has 0 bridgehead atoms. The number of nitrogens with zero attached hydrogens (tertiary/aromatic N) is 1. The summed E-state index contributed by atoms with van der Waals surface area (Å²) in [6.45, 7) is 0.463. The Morgan fingerprint density at radius 2 is 2.11 bits per heavy atom. The molecule has 7 heteroatoms. The Morgan fingerprint density at radius 3 is 2.68 bits per heavy atom. The normalized spacial score (nSPS) is 19.8. The molecule has 1 amide bonds. The van der Waals surface area contributed by atoms with Gasteiger partial charge in [-0.2, -0.15) is 0 Å². The molecule has 2 N–H and O–H groups in total. The summed E-state index contributed by atoms with van der Waals surface area (Å²) < 4.78 is 27.8. The highest BCUT2D eigenvalue weighted by molar-refractivity contribution is 7.89. The van der Waals surface area contributed by atoms with E-state index in [1.807, 2.05) is 18.2 Å². The van der Waals surface area contributed by atoms with Crippen LogP contribution >= 0.6 is 0 Å². The predicted molar refractivity (Wildman–Crippen MR) is 69.9 cm³/mol. The Morgan fingerprint density at radius 1 is 1.42 bits per heavy atom. The van der Waals surface area contributed by atoms with Gasteiger partial charge in [0, 0.05) is 25.1 Å². The minimum absolute atomic E-state index is 0.0476. The molecule has 0 aliphatic carbocycles. The maximum absolute atomic E-state index is 11.8. The standard InChI is InChI=1S/C12H16N2O4S/c1-18-11-5-3-2-4-9(11)7-14-8-10(6-12(14)15)19(13,16)17/h2-5,10H,6-8H2,1H3,(H2,13,16,17). The molecule has 104 valence electrons. The molecule has 1 aliphatic heterocycles. The molecule has 6 nitrogen and oxygen atoms in total. The highest BCUT2D eigenvalue weighted by Gasteiger charge is 2.36. The van der Waals surface area contributed by atoms with Crippen molar-refractivity contribution in [3.8, 4) is 5.75 Å². The zero-order valence-electron chi connectivity index (χ0n) is 10.6. The molecular weight excluding hydrogens is 268 g/mol. The largest absolute Gasteiger partial charge is 0.496 e. The summed E-state index contributed by atoms with van der Waals surface area (Å²) in [5.74, 6) is 0.472. The lowest BCUT2D eigenvalue weighted by Crippen LogP contribution is -2.32. The van der Waals surface area contributed by atoms with Gasteiger partial charge in [0.15, 0.2) is 0 Å². The van der Waals surface area contributed by atoms with Crippen LogP contribution in [0.1, 0.15) is 12.0 Å². The molecule has 1 unspecified atom stereocenters. The first-order valence-corrected chi connectivity index (χ1v) is 7.44. The van der Waals surface area contributed by atoms with E-state index < -0.39 is 15.3 Å². The number of carbonyl (C=O) groups is 1. The molecule has 1 aliphatic rings. The fourth-order valence-electron chi connectivity index (χ4n) is 2.15. The monoisotopic (exact) mass is 284 g/mol. The minimum atomic E-state index is -3.67. The summed E-state index contributed by atoms with van der Waals surface area (Å²) in [5, 5.41) is 4.27. The number of sulfonamides is 1. The lowest BCUT2D eigenvalue weighted by Gasteiger charge is -2.18. The van der Waals surface area contributed by atoms with E-state index in [0.29, 0.717) is 12.3 Å². The molecule has 2 rings (SSSR count). The molecule has 0 saturated carbocycles. The van der Waals surface area contributed by atoms with Crippen molar-refractivity contribution in [2.75, 3.05) is 13.7 Å². The van der Waals surface area contributed by atoms with Crippen LogP contribution in [-0.2, 0) is 21.4 Å². The van der Waals surface area contributed by atoms with E-state index in [1.54, 1.807) is 13.2 Å². The Kier molecular flexibility index (Phi) is 3.77. The van der Waals surface area contributed by atoms with Gasteiger partial charge >= 0.3 is 0 Å². The average Bonchev–Trinajstić information content (AvgIpc) is 2.72. The maximum Gasteiger partial charge on any atom is 0.224 e. The highest BCUT2D eigenvalue weighted by atomic mass is 32.2. The number of methoxy groups -OCH3 is 1. The fraction of sp³-hybridized carbons (Fsp3) is 0.417. The molecule has 0 radical (unpaired) electrons. The molecule has 1 heterocycles. The van der Waals surface area contributed by atoms with Crippen LogP contribution in [0.15, 0.2) is 24.3 Å². The second kappa shape index (κ2) is 5.18. The number of likely N-dealkylation sites (tertiary alicyclic amines) is 1. The maximum atomic E-state index is 11.8. The first-order chi connectivity index (χ1) is 8.91. The molecule has 0 aromatic heterocycles. The van der Waals surface area contributed by atoms with Crippen molar-refractivity contribution < 1.29 is 17.9 Å². The van der Waals surface area contributed by atoms with Crippen LogP contribution in [0.4, 0.5) is 0 Å². The van der Waals surface area contributed by atoms with Crippen molar-refractivity contribution in [3.63, 3.8) is 0 Å². The van der Waals surface area contributed by atoms with Gasteiger partial charge in [0.05, 0.1) is 7.11 Å². The van der Waals surface area contributed by atoms with Crippen LogP contribution in [0.2, 0.25) is 0 Å². The molecule has 0 spiro atoms. The SMILES string of the molecule is COc1ccccc1CN1CC(S(N)(=O)=O)CC1=O. The summed E-state index contributed by atoms with van der Waals surface area (Å²) in [6, 6.07) is 7.32. The lowest BCUT2D eigenvalue weighted by atomic mass is 10.2. The van der Waals surface area contributed by atoms with Crippen LogP contribution in [-0.4, -0.2) is 38.1 Å². The zero-order valence-corrected chi connectivity index (χ0v) is 11.4. The van der Waals surface area contributed by atoms with Crippen molar-refractivity contribution in [3.05, 3.63) is 29.8 Å².